The number of fused-ring (bicyclic) bond motifs is 1. The maximum Gasteiger partial charge on any atom is 0.202 e. The van der Waals surface area contributed by atoms with Crippen LogP contribution < -0.4 is 10.5 Å². The van der Waals surface area contributed by atoms with Crippen LogP contribution in [0.25, 0.3) is 11.2 Å². The average molecular weight is 268 g/mol. The minimum Gasteiger partial charge on any atom is -0.496 e. The Kier molecular flexibility index (Phi) is 3.02. The van der Waals surface area contributed by atoms with Gasteiger partial charge in [-0.15, -0.1) is 0 Å². The molecule has 3 rings (SSSR count). The molecule has 0 aliphatic carbocycles. The highest BCUT2D eigenvalue weighted by molar-refractivity contribution is 5.74. The molecule has 0 atom stereocenters. The van der Waals surface area contributed by atoms with E-state index >= 15 is 0 Å². The highest BCUT2D eigenvalue weighted by Crippen LogP contribution is 2.23. The summed E-state index contributed by atoms with van der Waals surface area (Å²) >= 11 is 0. The number of aryl methyl sites for hydroxylation is 1. The van der Waals surface area contributed by atoms with Crippen LogP contribution >= 0.6 is 0 Å². The minimum atomic E-state index is 0.462. The summed E-state index contributed by atoms with van der Waals surface area (Å²) in [5, 5.41) is 0. The number of anilines is 1. The van der Waals surface area contributed by atoms with Gasteiger partial charge in [-0.1, -0.05) is 18.2 Å². The molecule has 0 aliphatic rings. The number of methoxy groups -OCH3 is 1. The molecule has 2 aromatic heterocycles. The Morgan fingerprint density at radius 2 is 1.95 bits per heavy atom. The van der Waals surface area contributed by atoms with E-state index in [0.29, 0.717) is 12.5 Å². The van der Waals surface area contributed by atoms with Crippen LogP contribution in [0.1, 0.15) is 11.3 Å². The third kappa shape index (κ3) is 2.07. The second-order valence-corrected chi connectivity index (χ2v) is 4.66. The van der Waals surface area contributed by atoms with E-state index in [1.54, 1.807) is 7.11 Å². The van der Waals surface area contributed by atoms with Crippen LogP contribution in [0.15, 0.2) is 36.4 Å². The van der Waals surface area contributed by atoms with Crippen LogP contribution in [-0.2, 0) is 6.54 Å². The van der Waals surface area contributed by atoms with Gasteiger partial charge in [-0.2, -0.15) is 0 Å². The molecule has 2 heterocycles. The maximum atomic E-state index is 6.01. The zero-order valence-electron chi connectivity index (χ0n) is 11.5. The average Bonchev–Trinajstić information content (AvgIpc) is 2.76. The Morgan fingerprint density at radius 1 is 1.15 bits per heavy atom. The highest BCUT2D eigenvalue weighted by Gasteiger charge is 2.12. The molecule has 1 aromatic carbocycles. The lowest BCUT2D eigenvalue weighted by Gasteiger charge is -2.10. The molecule has 0 radical (unpaired) electrons. The van der Waals surface area contributed by atoms with Crippen LogP contribution in [0, 0.1) is 6.92 Å². The summed E-state index contributed by atoms with van der Waals surface area (Å²) in [4.78, 5) is 8.87. The van der Waals surface area contributed by atoms with E-state index < -0.39 is 0 Å². The van der Waals surface area contributed by atoms with Gasteiger partial charge in [0.05, 0.1) is 13.7 Å². The molecule has 0 bridgehead atoms. The van der Waals surface area contributed by atoms with Gasteiger partial charge in [-0.25, -0.2) is 9.97 Å². The van der Waals surface area contributed by atoms with Crippen molar-refractivity contribution in [1.82, 2.24) is 14.5 Å². The van der Waals surface area contributed by atoms with Crippen molar-refractivity contribution in [3.05, 3.63) is 47.7 Å². The Morgan fingerprint density at radius 3 is 2.75 bits per heavy atom. The number of nitrogens with zero attached hydrogens (tertiary/aromatic N) is 3. The highest BCUT2D eigenvalue weighted by atomic mass is 16.5. The Bertz CT molecular complexity index is 764. The first-order valence-electron chi connectivity index (χ1n) is 6.40. The van der Waals surface area contributed by atoms with Gasteiger partial charge in [-0.05, 0) is 25.1 Å². The van der Waals surface area contributed by atoms with E-state index in [9.17, 15) is 0 Å². The number of pyridine rings is 1. The summed E-state index contributed by atoms with van der Waals surface area (Å²) in [5.41, 5.74) is 9.61. The molecule has 0 amide bonds. The number of hydrogen-bond donors (Lipinski definition) is 1. The molecule has 102 valence electrons. The number of nitrogen functional groups attached to an aromatic ring is 1. The monoisotopic (exact) mass is 268 g/mol. The molecule has 0 spiro atoms. The van der Waals surface area contributed by atoms with E-state index in [-0.39, 0.29) is 0 Å². The fourth-order valence-electron chi connectivity index (χ4n) is 2.27. The normalized spacial score (nSPS) is 10.9. The van der Waals surface area contributed by atoms with Crippen molar-refractivity contribution in [2.75, 3.05) is 12.8 Å². The van der Waals surface area contributed by atoms with Crippen molar-refractivity contribution in [2.24, 2.45) is 0 Å². The van der Waals surface area contributed by atoms with Crippen molar-refractivity contribution in [3.8, 4) is 5.75 Å². The number of ether oxygens (including phenoxy) is 1. The second-order valence-electron chi connectivity index (χ2n) is 4.66. The molecule has 0 saturated heterocycles. The topological polar surface area (TPSA) is 66.0 Å². The number of rotatable bonds is 3. The van der Waals surface area contributed by atoms with Crippen LogP contribution in [0.4, 0.5) is 5.95 Å². The maximum absolute atomic E-state index is 6.01. The summed E-state index contributed by atoms with van der Waals surface area (Å²) < 4.78 is 7.28. The van der Waals surface area contributed by atoms with Crippen molar-refractivity contribution in [1.29, 1.82) is 0 Å². The van der Waals surface area contributed by atoms with Crippen LogP contribution in [0.2, 0.25) is 0 Å². The number of benzene rings is 1. The Hall–Kier alpha value is -2.56. The van der Waals surface area contributed by atoms with E-state index in [0.717, 1.165) is 28.2 Å². The molecule has 20 heavy (non-hydrogen) atoms. The molecule has 0 fully saturated rings. The van der Waals surface area contributed by atoms with Gasteiger partial charge in [0, 0.05) is 11.3 Å². The zero-order chi connectivity index (χ0) is 14.1. The second kappa shape index (κ2) is 4.85. The molecular formula is C15H16N4O. The standard InChI is InChI=1S/C15H16N4O/c1-10-7-8-12-14(17-10)19(15(16)18-12)9-11-5-3-4-6-13(11)20-2/h3-8H,9H2,1-2H3,(H2,16,18). The molecule has 5 nitrogen and oxygen atoms in total. The lowest BCUT2D eigenvalue weighted by atomic mass is 10.2. The molecular weight excluding hydrogens is 252 g/mol. The summed E-state index contributed by atoms with van der Waals surface area (Å²) in [6.45, 7) is 2.54. The Balaban J connectivity index is 2.10. The fourth-order valence-corrected chi connectivity index (χ4v) is 2.27. The van der Waals surface area contributed by atoms with Crippen molar-refractivity contribution < 1.29 is 4.74 Å². The van der Waals surface area contributed by atoms with Crippen LogP contribution in [-0.4, -0.2) is 21.6 Å². The lowest BCUT2D eigenvalue weighted by Crippen LogP contribution is -2.06. The van der Waals surface area contributed by atoms with E-state index in [1.165, 1.54) is 0 Å². The SMILES string of the molecule is COc1ccccc1Cn1c(N)nc2ccc(C)nc21. The van der Waals surface area contributed by atoms with E-state index in [4.69, 9.17) is 10.5 Å². The number of nitrogens with two attached hydrogens (primary N) is 1. The van der Waals surface area contributed by atoms with Crippen LogP contribution in [0.5, 0.6) is 5.75 Å². The van der Waals surface area contributed by atoms with Gasteiger partial charge in [0.2, 0.25) is 5.95 Å². The summed E-state index contributed by atoms with van der Waals surface area (Å²) in [7, 11) is 1.66. The lowest BCUT2D eigenvalue weighted by molar-refractivity contribution is 0.408. The number of aromatic nitrogens is 3. The summed E-state index contributed by atoms with van der Waals surface area (Å²) in [5.74, 6) is 1.30. The van der Waals surface area contributed by atoms with Gasteiger partial charge in [0.15, 0.2) is 5.65 Å². The molecule has 0 unspecified atom stereocenters. The predicted octanol–water partition coefficient (Wildman–Crippen LogP) is 2.38. The third-order valence-electron chi connectivity index (χ3n) is 3.28. The number of imidazole rings is 1. The quantitative estimate of drug-likeness (QED) is 0.792. The van der Waals surface area contributed by atoms with Gasteiger partial charge in [-0.3, -0.25) is 4.57 Å². The molecule has 0 saturated carbocycles. The predicted molar refractivity (Wildman–Crippen MR) is 78.8 cm³/mol. The van der Waals surface area contributed by atoms with Gasteiger partial charge in [0.1, 0.15) is 11.3 Å². The Labute approximate surface area is 117 Å². The fraction of sp³-hybridized carbons (Fsp3) is 0.200. The minimum absolute atomic E-state index is 0.462. The molecule has 5 heteroatoms. The largest absolute Gasteiger partial charge is 0.496 e. The first kappa shape index (κ1) is 12.5. The van der Waals surface area contributed by atoms with Gasteiger partial charge < -0.3 is 10.5 Å². The molecule has 2 N–H and O–H groups in total. The number of hydrogen-bond acceptors (Lipinski definition) is 4. The number of para-hydroxylation sites is 1. The van der Waals surface area contributed by atoms with Crippen molar-refractivity contribution in [3.63, 3.8) is 0 Å². The van der Waals surface area contributed by atoms with Gasteiger partial charge >= 0.3 is 0 Å². The first-order valence-corrected chi connectivity index (χ1v) is 6.40. The van der Waals surface area contributed by atoms with Crippen LogP contribution in [0.3, 0.4) is 0 Å². The third-order valence-corrected chi connectivity index (χ3v) is 3.28. The van der Waals surface area contributed by atoms with Crippen molar-refractivity contribution in [2.45, 2.75) is 13.5 Å². The molecule has 0 aliphatic heterocycles. The zero-order valence-corrected chi connectivity index (χ0v) is 11.5. The smallest absolute Gasteiger partial charge is 0.202 e. The summed E-state index contributed by atoms with van der Waals surface area (Å²) in [6.07, 6.45) is 0. The van der Waals surface area contributed by atoms with Crippen molar-refractivity contribution >= 4 is 17.1 Å². The summed E-state index contributed by atoms with van der Waals surface area (Å²) in [6, 6.07) is 11.7. The molecule has 3 aromatic rings. The first-order chi connectivity index (χ1) is 9.69. The van der Waals surface area contributed by atoms with Gasteiger partial charge in [0.25, 0.3) is 0 Å². The van der Waals surface area contributed by atoms with E-state index in [2.05, 4.69) is 9.97 Å². The van der Waals surface area contributed by atoms with E-state index in [1.807, 2.05) is 47.9 Å².